The normalized spacial score (nSPS) is 11.6. The Balaban J connectivity index is 2.37. The zero-order valence-corrected chi connectivity index (χ0v) is 16.7. The number of aryl methyl sites for hydroxylation is 2. The van der Waals surface area contributed by atoms with E-state index in [1.165, 1.54) is 16.4 Å². The Kier molecular flexibility index (Phi) is 6.21. The van der Waals surface area contributed by atoms with Crippen LogP contribution in [0.25, 0.3) is 0 Å². The fraction of sp³-hybridized carbons (Fsp3) is 0.350. The average Bonchev–Trinajstić information content (AvgIpc) is 2.62. The van der Waals surface area contributed by atoms with Crippen molar-refractivity contribution in [2.75, 3.05) is 13.1 Å². The molecule has 5 nitrogen and oxygen atoms in total. The number of sulfonamides is 1. The minimum absolute atomic E-state index is 0.0911. The number of nitrogens with zero attached hydrogens (tertiary/aromatic N) is 1. The van der Waals surface area contributed by atoms with Crippen molar-refractivity contribution in [2.24, 2.45) is 0 Å². The topological polar surface area (TPSA) is 63.7 Å². The molecule has 0 aromatic heterocycles. The highest BCUT2D eigenvalue weighted by atomic mass is 32.2. The molecule has 2 aromatic rings. The zero-order chi connectivity index (χ0) is 19.5. The third-order valence-corrected chi connectivity index (χ3v) is 6.53. The van der Waals surface area contributed by atoms with E-state index in [0.717, 1.165) is 16.7 Å². The van der Waals surface area contributed by atoms with Gasteiger partial charge in [0.25, 0.3) is 0 Å². The van der Waals surface area contributed by atoms with E-state index in [2.05, 4.69) is 0 Å². The molecule has 0 spiro atoms. The molecule has 0 fully saturated rings. The summed E-state index contributed by atoms with van der Waals surface area (Å²) in [5.74, 6) is -0.0506. The molecule has 0 aliphatic carbocycles. The van der Waals surface area contributed by atoms with Crippen LogP contribution in [0.3, 0.4) is 0 Å². The summed E-state index contributed by atoms with van der Waals surface area (Å²) >= 11 is 0. The van der Waals surface area contributed by atoms with Crippen LogP contribution >= 0.6 is 0 Å². The van der Waals surface area contributed by atoms with Crippen molar-refractivity contribution in [3.8, 4) is 5.75 Å². The first-order valence-corrected chi connectivity index (χ1v) is 10.1. The largest absolute Gasteiger partial charge is 0.422 e. The lowest BCUT2D eigenvalue weighted by molar-refractivity contribution is 0.0732. The Hall–Kier alpha value is -2.18. The number of hydrogen-bond donors (Lipinski definition) is 0. The molecule has 0 aliphatic heterocycles. The van der Waals surface area contributed by atoms with Crippen LogP contribution in [0.15, 0.2) is 41.3 Å². The van der Waals surface area contributed by atoms with E-state index in [0.29, 0.717) is 18.8 Å². The number of rotatable bonds is 6. The lowest BCUT2D eigenvalue weighted by Gasteiger charge is -2.18. The second-order valence-electron chi connectivity index (χ2n) is 6.16. The van der Waals surface area contributed by atoms with Gasteiger partial charge in [-0.25, -0.2) is 13.2 Å². The van der Waals surface area contributed by atoms with Gasteiger partial charge < -0.3 is 4.74 Å². The molecule has 0 saturated carbocycles. The van der Waals surface area contributed by atoms with Gasteiger partial charge in [-0.05, 0) is 55.7 Å². The Morgan fingerprint density at radius 2 is 1.62 bits per heavy atom. The standard InChI is InChI=1S/C20H25NO4S/c1-6-21(7-2)26(23,24)18-10-8-9-17(13-18)20(22)25-19-15(4)12-11-14(3)16(19)5/h8-13H,6-7H2,1-5H3. The summed E-state index contributed by atoms with van der Waals surface area (Å²) in [4.78, 5) is 12.7. The number of carbonyl (C=O) groups excluding carboxylic acids is 1. The molecule has 26 heavy (non-hydrogen) atoms. The number of esters is 1. The van der Waals surface area contributed by atoms with Crippen molar-refractivity contribution in [3.63, 3.8) is 0 Å². The van der Waals surface area contributed by atoms with Gasteiger partial charge in [0.2, 0.25) is 10.0 Å². The summed E-state index contributed by atoms with van der Waals surface area (Å²) in [6.45, 7) is 10.0. The Morgan fingerprint density at radius 1 is 1.00 bits per heavy atom. The van der Waals surface area contributed by atoms with Crippen LogP contribution in [0.5, 0.6) is 5.75 Å². The van der Waals surface area contributed by atoms with Gasteiger partial charge in [0.05, 0.1) is 10.5 Å². The Bertz CT molecular complexity index is 915. The van der Waals surface area contributed by atoms with Gasteiger partial charge in [-0.3, -0.25) is 0 Å². The van der Waals surface area contributed by atoms with Crippen LogP contribution in [-0.4, -0.2) is 31.8 Å². The molecule has 0 bridgehead atoms. The lowest BCUT2D eigenvalue weighted by Crippen LogP contribution is -2.30. The summed E-state index contributed by atoms with van der Waals surface area (Å²) in [6, 6.07) is 9.85. The number of hydrogen-bond acceptors (Lipinski definition) is 4. The average molecular weight is 375 g/mol. The number of ether oxygens (including phenoxy) is 1. The monoisotopic (exact) mass is 375 g/mol. The second-order valence-corrected chi connectivity index (χ2v) is 8.10. The molecule has 0 aliphatic rings. The second kappa shape index (κ2) is 8.01. The molecule has 0 radical (unpaired) electrons. The lowest BCUT2D eigenvalue weighted by atomic mass is 10.1. The summed E-state index contributed by atoms with van der Waals surface area (Å²) in [7, 11) is -3.63. The van der Waals surface area contributed by atoms with Crippen LogP contribution in [0, 0.1) is 20.8 Å². The quantitative estimate of drug-likeness (QED) is 0.568. The maximum atomic E-state index is 12.7. The Morgan fingerprint density at radius 3 is 2.23 bits per heavy atom. The highest BCUT2D eigenvalue weighted by molar-refractivity contribution is 7.89. The highest BCUT2D eigenvalue weighted by Gasteiger charge is 2.23. The van der Waals surface area contributed by atoms with Crippen LogP contribution in [0.4, 0.5) is 0 Å². The number of benzene rings is 2. The van der Waals surface area contributed by atoms with Crippen LogP contribution in [0.1, 0.15) is 40.9 Å². The highest BCUT2D eigenvalue weighted by Crippen LogP contribution is 2.27. The van der Waals surface area contributed by atoms with Gasteiger partial charge >= 0.3 is 5.97 Å². The minimum atomic E-state index is -3.63. The summed E-state index contributed by atoms with van der Waals surface area (Å²) in [5, 5.41) is 0. The summed E-state index contributed by atoms with van der Waals surface area (Å²) in [5.41, 5.74) is 2.98. The van der Waals surface area contributed by atoms with E-state index in [-0.39, 0.29) is 10.5 Å². The molecule has 0 atom stereocenters. The molecular formula is C20H25NO4S. The van der Waals surface area contributed by atoms with Crippen molar-refractivity contribution < 1.29 is 17.9 Å². The summed E-state index contributed by atoms with van der Waals surface area (Å²) < 4.78 is 32.2. The predicted octanol–water partition coefficient (Wildman–Crippen LogP) is 3.86. The van der Waals surface area contributed by atoms with E-state index in [9.17, 15) is 13.2 Å². The molecule has 2 rings (SSSR count). The minimum Gasteiger partial charge on any atom is -0.422 e. The van der Waals surface area contributed by atoms with Crippen LogP contribution in [-0.2, 0) is 10.0 Å². The van der Waals surface area contributed by atoms with Gasteiger partial charge in [0.1, 0.15) is 5.75 Å². The number of carbonyl (C=O) groups is 1. The van der Waals surface area contributed by atoms with Gasteiger partial charge in [0, 0.05) is 13.1 Å². The van der Waals surface area contributed by atoms with Gasteiger partial charge in [-0.2, -0.15) is 4.31 Å². The molecule has 0 saturated heterocycles. The van der Waals surface area contributed by atoms with E-state index in [4.69, 9.17) is 4.74 Å². The van der Waals surface area contributed by atoms with Gasteiger partial charge in [0.15, 0.2) is 0 Å². The molecule has 0 N–H and O–H groups in total. The first kappa shape index (κ1) is 20.1. The van der Waals surface area contributed by atoms with E-state index in [1.54, 1.807) is 26.0 Å². The predicted molar refractivity (Wildman–Crippen MR) is 102 cm³/mol. The third kappa shape index (κ3) is 3.97. The fourth-order valence-electron chi connectivity index (χ4n) is 2.73. The summed E-state index contributed by atoms with van der Waals surface area (Å²) in [6.07, 6.45) is 0. The maximum absolute atomic E-state index is 12.7. The van der Waals surface area contributed by atoms with Gasteiger partial charge in [-0.15, -0.1) is 0 Å². The molecule has 6 heteroatoms. The van der Waals surface area contributed by atoms with Crippen LogP contribution in [0.2, 0.25) is 0 Å². The van der Waals surface area contributed by atoms with Crippen molar-refractivity contribution in [1.29, 1.82) is 0 Å². The molecule has 140 valence electrons. The fourth-order valence-corrected chi connectivity index (χ4v) is 4.23. The van der Waals surface area contributed by atoms with Crippen molar-refractivity contribution in [2.45, 2.75) is 39.5 Å². The smallest absolute Gasteiger partial charge is 0.343 e. The zero-order valence-electron chi connectivity index (χ0n) is 15.9. The molecule has 2 aromatic carbocycles. The van der Waals surface area contributed by atoms with E-state index in [1.807, 2.05) is 32.9 Å². The molecule has 0 heterocycles. The molecule has 0 unspecified atom stereocenters. The maximum Gasteiger partial charge on any atom is 0.343 e. The third-order valence-electron chi connectivity index (χ3n) is 4.48. The molecule has 0 amide bonds. The SMILES string of the molecule is CCN(CC)S(=O)(=O)c1cccc(C(=O)Oc2c(C)ccc(C)c2C)c1. The van der Waals surface area contributed by atoms with Crippen molar-refractivity contribution in [3.05, 3.63) is 58.7 Å². The van der Waals surface area contributed by atoms with E-state index < -0.39 is 16.0 Å². The van der Waals surface area contributed by atoms with E-state index >= 15 is 0 Å². The Labute approximate surface area is 155 Å². The molecular weight excluding hydrogens is 350 g/mol. The first-order valence-electron chi connectivity index (χ1n) is 8.61. The van der Waals surface area contributed by atoms with Crippen LogP contribution < -0.4 is 4.74 Å². The van der Waals surface area contributed by atoms with Crippen molar-refractivity contribution in [1.82, 2.24) is 4.31 Å². The first-order chi connectivity index (χ1) is 12.2. The van der Waals surface area contributed by atoms with Crippen molar-refractivity contribution >= 4 is 16.0 Å². The van der Waals surface area contributed by atoms with Gasteiger partial charge in [-0.1, -0.05) is 32.0 Å².